The molecule has 1 rings (SSSR count). The van der Waals surface area contributed by atoms with Crippen molar-refractivity contribution in [3.05, 3.63) is 11.5 Å². The molecule has 0 aromatic rings. The van der Waals surface area contributed by atoms with E-state index in [2.05, 4.69) is 18.7 Å². The molecule has 0 aromatic heterocycles. The number of hydrogen-bond donors (Lipinski definition) is 1. The van der Waals surface area contributed by atoms with E-state index in [1.165, 1.54) is 12.1 Å². The van der Waals surface area contributed by atoms with Gasteiger partial charge in [-0.1, -0.05) is 13.8 Å². The van der Waals surface area contributed by atoms with Crippen molar-refractivity contribution in [1.82, 2.24) is 4.90 Å². The van der Waals surface area contributed by atoms with Gasteiger partial charge >= 0.3 is 0 Å². The largest absolute Gasteiger partial charge is 0.511 e. The maximum atomic E-state index is 9.83. The molecule has 0 aromatic carbocycles. The molecular weight excluding hydrogens is 174 g/mol. The molecule has 2 nitrogen and oxygen atoms in total. The average Bonchev–Trinajstić information content (AvgIpc) is 2.18. The van der Waals surface area contributed by atoms with Gasteiger partial charge in [0, 0.05) is 19.5 Å². The molecule has 0 spiro atoms. The molecular formula is C12H23NO. The maximum absolute atomic E-state index is 9.83. The lowest BCUT2D eigenvalue weighted by molar-refractivity contribution is 0.268. The Kier molecular flexibility index (Phi) is 4.85. The van der Waals surface area contributed by atoms with Crippen LogP contribution >= 0.6 is 0 Å². The van der Waals surface area contributed by atoms with Gasteiger partial charge in [-0.25, -0.2) is 0 Å². The van der Waals surface area contributed by atoms with E-state index in [1.54, 1.807) is 0 Å². The van der Waals surface area contributed by atoms with Crippen LogP contribution in [0.15, 0.2) is 11.5 Å². The summed E-state index contributed by atoms with van der Waals surface area (Å²) in [5, 5.41) is 9.83. The van der Waals surface area contributed by atoms with Crippen molar-refractivity contribution in [3.63, 3.8) is 0 Å². The number of rotatable bonds is 5. The van der Waals surface area contributed by atoms with Crippen LogP contribution in [0.25, 0.3) is 0 Å². The quantitative estimate of drug-likeness (QED) is 0.729. The number of allylic oxidation sites excluding steroid dienone is 2. The topological polar surface area (TPSA) is 23.5 Å². The molecule has 0 amide bonds. The van der Waals surface area contributed by atoms with Gasteiger partial charge in [0.1, 0.15) is 5.76 Å². The zero-order valence-corrected chi connectivity index (χ0v) is 9.55. The summed E-state index contributed by atoms with van der Waals surface area (Å²) in [5.41, 5.74) is 1.22. The van der Waals surface area contributed by atoms with Gasteiger partial charge in [-0.2, -0.15) is 0 Å². The molecule has 0 bridgehead atoms. The van der Waals surface area contributed by atoms with Crippen LogP contribution in [0.5, 0.6) is 0 Å². The molecule has 0 fully saturated rings. The number of aliphatic hydroxyl groups is 1. The lowest BCUT2D eigenvalue weighted by atomic mass is 10.0. The number of aliphatic hydroxyl groups excluding tert-OH is 1. The van der Waals surface area contributed by atoms with Crippen molar-refractivity contribution in [2.24, 2.45) is 0 Å². The molecule has 1 aliphatic rings. The summed E-state index contributed by atoms with van der Waals surface area (Å²) >= 11 is 0. The van der Waals surface area contributed by atoms with Gasteiger partial charge < -0.3 is 10.0 Å². The Morgan fingerprint density at radius 2 is 1.64 bits per heavy atom. The first kappa shape index (κ1) is 11.4. The summed E-state index contributed by atoms with van der Waals surface area (Å²) in [6, 6.07) is 0. The van der Waals surface area contributed by atoms with E-state index in [-0.39, 0.29) is 0 Å². The fourth-order valence-electron chi connectivity index (χ4n) is 2.14. The van der Waals surface area contributed by atoms with E-state index in [1.807, 2.05) is 0 Å². The third kappa shape index (κ3) is 2.93. The minimum Gasteiger partial charge on any atom is -0.511 e. The fraction of sp³-hybridized carbons (Fsp3) is 0.833. The predicted molar refractivity (Wildman–Crippen MR) is 60.3 cm³/mol. The first-order valence-electron chi connectivity index (χ1n) is 5.95. The lowest BCUT2D eigenvalue weighted by Gasteiger charge is -2.30. The highest BCUT2D eigenvalue weighted by Crippen LogP contribution is 2.25. The van der Waals surface area contributed by atoms with Crippen LogP contribution < -0.4 is 0 Å². The summed E-state index contributed by atoms with van der Waals surface area (Å²) < 4.78 is 0. The highest BCUT2D eigenvalue weighted by Gasteiger charge is 2.16. The van der Waals surface area contributed by atoms with Crippen molar-refractivity contribution in [1.29, 1.82) is 0 Å². The second-order valence-corrected chi connectivity index (χ2v) is 4.09. The summed E-state index contributed by atoms with van der Waals surface area (Å²) in [7, 11) is 0. The summed E-state index contributed by atoms with van der Waals surface area (Å²) in [5.74, 6) is 0.651. The summed E-state index contributed by atoms with van der Waals surface area (Å²) in [6.07, 6.45) is 6.68. The van der Waals surface area contributed by atoms with Gasteiger partial charge in [0.15, 0.2) is 0 Å². The highest BCUT2D eigenvalue weighted by molar-refractivity contribution is 5.09. The maximum Gasteiger partial charge on any atom is 0.111 e. The van der Waals surface area contributed by atoms with Crippen LogP contribution in [-0.4, -0.2) is 23.1 Å². The predicted octanol–water partition coefficient (Wildman–Crippen LogP) is 3.45. The molecule has 1 aliphatic carbocycles. The van der Waals surface area contributed by atoms with E-state index in [4.69, 9.17) is 0 Å². The molecule has 1 N–H and O–H groups in total. The lowest BCUT2D eigenvalue weighted by Crippen LogP contribution is -2.27. The third-order valence-corrected chi connectivity index (χ3v) is 2.78. The molecule has 82 valence electrons. The standard InChI is InChI=1S/C12H23NO/c1-3-9-13(10-4-2)11-7-5-6-8-12(11)14/h14H,3-10H2,1-2H3. The Morgan fingerprint density at radius 3 is 2.14 bits per heavy atom. The Morgan fingerprint density at radius 1 is 1.07 bits per heavy atom. The third-order valence-electron chi connectivity index (χ3n) is 2.78. The smallest absolute Gasteiger partial charge is 0.111 e. The summed E-state index contributed by atoms with van der Waals surface area (Å²) in [6.45, 7) is 6.58. The van der Waals surface area contributed by atoms with E-state index in [0.717, 1.165) is 45.2 Å². The van der Waals surface area contributed by atoms with Crippen molar-refractivity contribution in [2.45, 2.75) is 52.4 Å². The second-order valence-electron chi connectivity index (χ2n) is 4.09. The van der Waals surface area contributed by atoms with E-state index in [0.29, 0.717) is 5.76 Å². The molecule has 0 unspecified atom stereocenters. The average molecular weight is 197 g/mol. The van der Waals surface area contributed by atoms with Crippen molar-refractivity contribution < 1.29 is 5.11 Å². The first-order valence-corrected chi connectivity index (χ1v) is 5.95. The molecule has 0 heterocycles. The second kappa shape index (κ2) is 5.94. The van der Waals surface area contributed by atoms with Crippen molar-refractivity contribution >= 4 is 0 Å². The van der Waals surface area contributed by atoms with Crippen LogP contribution in [0.4, 0.5) is 0 Å². The number of nitrogens with zero attached hydrogens (tertiary/aromatic N) is 1. The molecule has 0 saturated heterocycles. The number of hydrogen-bond acceptors (Lipinski definition) is 2. The zero-order chi connectivity index (χ0) is 10.4. The SMILES string of the molecule is CCCN(CCC)C1=C(O)CCCC1. The van der Waals surface area contributed by atoms with Gasteiger partial charge in [0.2, 0.25) is 0 Å². The minimum atomic E-state index is 0.651. The Balaban J connectivity index is 2.64. The van der Waals surface area contributed by atoms with Crippen LogP contribution in [0.2, 0.25) is 0 Å². The monoisotopic (exact) mass is 197 g/mol. The Hall–Kier alpha value is -0.660. The Labute approximate surface area is 87.6 Å². The van der Waals surface area contributed by atoms with Crippen LogP contribution in [-0.2, 0) is 0 Å². The molecule has 0 radical (unpaired) electrons. The van der Waals surface area contributed by atoms with E-state index in [9.17, 15) is 5.11 Å². The Bertz CT molecular complexity index is 192. The highest BCUT2D eigenvalue weighted by atomic mass is 16.3. The van der Waals surface area contributed by atoms with Crippen molar-refractivity contribution in [2.75, 3.05) is 13.1 Å². The van der Waals surface area contributed by atoms with Gasteiger partial charge in [-0.3, -0.25) is 0 Å². The molecule has 0 aliphatic heterocycles. The van der Waals surface area contributed by atoms with Gasteiger partial charge in [0.05, 0.1) is 5.70 Å². The van der Waals surface area contributed by atoms with Crippen LogP contribution in [0.1, 0.15) is 52.4 Å². The van der Waals surface area contributed by atoms with E-state index >= 15 is 0 Å². The van der Waals surface area contributed by atoms with Crippen molar-refractivity contribution in [3.8, 4) is 0 Å². The van der Waals surface area contributed by atoms with Gasteiger partial charge in [0.25, 0.3) is 0 Å². The molecule has 14 heavy (non-hydrogen) atoms. The first-order chi connectivity index (χ1) is 6.79. The van der Waals surface area contributed by atoms with Gasteiger partial charge in [-0.05, 0) is 32.1 Å². The van der Waals surface area contributed by atoms with E-state index < -0.39 is 0 Å². The molecule has 2 heteroatoms. The summed E-state index contributed by atoms with van der Waals surface area (Å²) in [4.78, 5) is 2.37. The fourth-order valence-corrected chi connectivity index (χ4v) is 2.14. The van der Waals surface area contributed by atoms with Gasteiger partial charge in [-0.15, -0.1) is 0 Å². The minimum absolute atomic E-state index is 0.651. The normalized spacial score (nSPS) is 17.3. The molecule has 0 saturated carbocycles. The zero-order valence-electron chi connectivity index (χ0n) is 9.55. The molecule has 0 atom stereocenters. The van der Waals surface area contributed by atoms with Crippen LogP contribution in [0.3, 0.4) is 0 Å². The van der Waals surface area contributed by atoms with Crippen LogP contribution in [0, 0.1) is 0 Å².